The summed E-state index contributed by atoms with van der Waals surface area (Å²) in [5.74, 6) is 0.00477. The van der Waals surface area contributed by atoms with Crippen LogP contribution in [0.5, 0.6) is 0 Å². The molecular formula is C16H19NO2S. The van der Waals surface area contributed by atoms with E-state index in [-0.39, 0.29) is 5.75 Å². The molecule has 0 heterocycles. The molecule has 0 aliphatic carbocycles. The first-order valence-corrected chi connectivity index (χ1v) is 8.10. The third-order valence-corrected chi connectivity index (χ3v) is 5.20. The summed E-state index contributed by atoms with van der Waals surface area (Å²) in [7, 11) is -3.39. The highest BCUT2D eigenvalue weighted by Crippen LogP contribution is 2.24. The van der Waals surface area contributed by atoms with Gasteiger partial charge in [-0.3, -0.25) is 0 Å². The van der Waals surface area contributed by atoms with Crippen LogP contribution < -0.4 is 5.73 Å². The zero-order chi connectivity index (χ0) is 14.9. The minimum absolute atomic E-state index is 0.00477. The molecule has 20 heavy (non-hydrogen) atoms. The lowest BCUT2D eigenvalue weighted by Crippen LogP contribution is -2.08. The lowest BCUT2D eigenvalue weighted by molar-refractivity contribution is 0.594. The summed E-state index contributed by atoms with van der Waals surface area (Å²) in [5.41, 5.74) is 9.79. The number of nitrogens with two attached hydrogens (primary N) is 1. The molecule has 0 unspecified atom stereocenters. The Balaban J connectivity index is 2.46. The summed E-state index contributed by atoms with van der Waals surface area (Å²) in [4.78, 5) is 0.318. The Hall–Kier alpha value is -1.81. The van der Waals surface area contributed by atoms with Gasteiger partial charge in [0.1, 0.15) is 0 Å². The fraction of sp³-hybridized carbons (Fsp3) is 0.250. The Kier molecular flexibility index (Phi) is 3.86. The van der Waals surface area contributed by atoms with Crippen LogP contribution in [0.4, 0.5) is 5.69 Å². The van der Waals surface area contributed by atoms with Gasteiger partial charge in [0.2, 0.25) is 0 Å². The van der Waals surface area contributed by atoms with E-state index in [0.29, 0.717) is 10.6 Å². The average Bonchev–Trinajstić information content (AvgIpc) is 2.36. The van der Waals surface area contributed by atoms with Gasteiger partial charge in [0.15, 0.2) is 9.84 Å². The van der Waals surface area contributed by atoms with Crippen LogP contribution in [0.2, 0.25) is 0 Å². The quantitative estimate of drug-likeness (QED) is 0.883. The molecule has 2 aromatic carbocycles. The number of nitrogen functional groups attached to an aromatic ring is 1. The summed E-state index contributed by atoms with van der Waals surface area (Å²) in [6.07, 6.45) is 0. The fourth-order valence-corrected chi connectivity index (χ4v) is 3.94. The number of sulfone groups is 1. The van der Waals surface area contributed by atoms with Crippen molar-refractivity contribution in [2.75, 3.05) is 5.73 Å². The number of hydrogen-bond acceptors (Lipinski definition) is 3. The van der Waals surface area contributed by atoms with Crippen molar-refractivity contribution in [2.45, 2.75) is 31.4 Å². The topological polar surface area (TPSA) is 60.2 Å². The summed E-state index contributed by atoms with van der Waals surface area (Å²) in [6.45, 7) is 5.67. The van der Waals surface area contributed by atoms with E-state index in [1.807, 2.05) is 32.0 Å². The standard InChI is InChI=1S/C16H19NO2S/c1-11-4-5-12(2)14(8-11)10-20(18,19)16-9-15(17)7-6-13(16)3/h4-9H,10,17H2,1-3H3. The molecule has 0 aliphatic rings. The van der Waals surface area contributed by atoms with Crippen molar-refractivity contribution in [3.63, 3.8) is 0 Å². The molecule has 2 rings (SSSR count). The molecule has 0 aromatic heterocycles. The molecule has 0 amide bonds. The maximum absolute atomic E-state index is 12.6. The Bertz CT molecular complexity index is 749. The molecule has 3 nitrogen and oxygen atoms in total. The first-order chi connectivity index (χ1) is 9.29. The molecule has 0 atom stereocenters. The normalized spacial score (nSPS) is 11.6. The number of benzene rings is 2. The highest BCUT2D eigenvalue weighted by atomic mass is 32.2. The van der Waals surface area contributed by atoms with Crippen LogP contribution in [0.15, 0.2) is 41.3 Å². The lowest BCUT2D eigenvalue weighted by atomic mass is 10.1. The number of rotatable bonds is 3. The zero-order valence-electron chi connectivity index (χ0n) is 12.0. The van der Waals surface area contributed by atoms with Crippen molar-refractivity contribution in [1.82, 2.24) is 0 Å². The van der Waals surface area contributed by atoms with Gasteiger partial charge in [-0.05, 0) is 49.6 Å². The minimum Gasteiger partial charge on any atom is -0.399 e. The second-order valence-electron chi connectivity index (χ2n) is 5.21. The number of aryl methyl sites for hydroxylation is 3. The first-order valence-electron chi connectivity index (χ1n) is 6.44. The van der Waals surface area contributed by atoms with Crippen LogP contribution in [-0.2, 0) is 15.6 Å². The Morgan fingerprint density at radius 1 is 0.950 bits per heavy atom. The molecule has 0 fully saturated rings. The van der Waals surface area contributed by atoms with Gasteiger partial charge in [0.25, 0.3) is 0 Å². The predicted octanol–water partition coefficient (Wildman–Crippen LogP) is 3.17. The molecule has 4 heteroatoms. The van der Waals surface area contributed by atoms with Crippen LogP contribution >= 0.6 is 0 Å². The van der Waals surface area contributed by atoms with Gasteiger partial charge in [0, 0.05) is 5.69 Å². The van der Waals surface area contributed by atoms with Gasteiger partial charge in [0.05, 0.1) is 10.6 Å². The summed E-state index contributed by atoms with van der Waals surface area (Å²) in [5, 5.41) is 0. The van der Waals surface area contributed by atoms with Gasteiger partial charge < -0.3 is 5.73 Å². The monoisotopic (exact) mass is 289 g/mol. The van der Waals surface area contributed by atoms with E-state index in [4.69, 9.17) is 5.73 Å². The summed E-state index contributed by atoms with van der Waals surface area (Å²) in [6, 6.07) is 10.9. The molecule has 106 valence electrons. The van der Waals surface area contributed by atoms with Gasteiger partial charge in [-0.2, -0.15) is 0 Å². The van der Waals surface area contributed by atoms with E-state index in [9.17, 15) is 8.42 Å². The Morgan fingerprint density at radius 2 is 1.60 bits per heavy atom. The smallest absolute Gasteiger partial charge is 0.182 e. The molecule has 0 radical (unpaired) electrons. The van der Waals surface area contributed by atoms with Crippen molar-refractivity contribution in [3.05, 3.63) is 58.7 Å². The van der Waals surface area contributed by atoms with E-state index < -0.39 is 9.84 Å². The second-order valence-corrected chi connectivity index (χ2v) is 7.17. The first kappa shape index (κ1) is 14.6. The summed E-state index contributed by atoms with van der Waals surface area (Å²) >= 11 is 0. The maximum atomic E-state index is 12.6. The van der Waals surface area contributed by atoms with E-state index in [0.717, 1.165) is 22.3 Å². The predicted molar refractivity (Wildman–Crippen MR) is 82.4 cm³/mol. The fourth-order valence-electron chi connectivity index (χ4n) is 2.19. The molecule has 0 saturated heterocycles. The highest BCUT2D eigenvalue weighted by molar-refractivity contribution is 7.90. The molecule has 0 spiro atoms. The Morgan fingerprint density at radius 3 is 2.30 bits per heavy atom. The van der Waals surface area contributed by atoms with E-state index >= 15 is 0 Å². The van der Waals surface area contributed by atoms with Gasteiger partial charge in [-0.1, -0.05) is 29.8 Å². The van der Waals surface area contributed by atoms with Crippen LogP contribution in [0.1, 0.15) is 22.3 Å². The summed E-state index contributed by atoms with van der Waals surface area (Å²) < 4.78 is 25.2. The highest BCUT2D eigenvalue weighted by Gasteiger charge is 2.19. The molecule has 0 aliphatic heterocycles. The average molecular weight is 289 g/mol. The minimum atomic E-state index is -3.39. The van der Waals surface area contributed by atoms with Crippen molar-refractivity contribution < 1.29 is 8.42 Å². The van der Waals surface area contributed by atoms with Crippen LogP contribution in [0, 0.1) is 20.8 Å². The molecule has 0 bridgehead atoms. The van der Waals surface area contributed by atoms with Crippen molar-refractivity contribution in [1.29, 1.82) is 0 Å². The third kappa shape index (κ3) is 3.02. The van der Waals surface area contributed by atoms with E-state index in [2.05, 4.69) is 0 Å². The number of anilines is 1. The van der Waals surface area contributed by atoms with E-state index in [1.54, 1.807) is 19.1 Å². The van der Waals surface area contributed by atoms with Crippen molar-refractivity contribution in [3.8, 4) is 0 Å². The van der Waals surface area contributed by atoms with Crippen LogP contribution in [-0.4, -0.2) is 8.42 Å². The lowest BCUT2D eigenvalue weighted by Gasteiger charge is -2.11. The van der Waals surface area contributed by atoms with E-state index in [1.165, 1.54) is 6.07 Å². The molecular weight excluding hydrogens is 270 g/mol. The maximum Gasteiger partial charge on any atom is 0.182 e. The van der Waals surface area contributed by atoms with Gasteiger partial charge in [-0.15, -0.1) is 0 Å². The SMILES string of the molecule is Cc1ccc(C)c(CS(=O)(=O)c2cc(N)ccc2C)c1. The second kappa shape index (κ2) is 5.29. The van der Waals surface area contributed by atoms with Gasteiger partial charge in [-0.25, -0.2) is 8.42 Å². The van der Waals surface area contributed by atoms with Gasteiger partial charge >= 0.3 is 0 Å². The zero-order valence-corrected chi connectivity index (χ0v) is 12.8. The Labute approximate surface area is 120 Å². The number of hydrogen-bond donors (Lipinski definition) is 1. The molecule has 0 saturated carbocycles. The molecule has 2 aromatic rings. The van der Waals surface area contributed by atoms with Crippen LogP contribution in [0.25, 0.3) is 0 Å². The van der Waals surface area contributed by atoms with Crippen molar-refractivity contribution >= 4 is 15.5 Å². The molecule has 2 N–H and O–H groups in total. The largest absolute Gasteiger partial charge is 0.399 e. The van der Waals surface area contributed by atoms with Crippen molar-refractivity contribution in [2.24, 2.45) is 0 Å². The van der Waals surface area contributed by atoms with Crippen LogP contribution in [0.3, 0.4) is 0 Å². The third-order valence-electron chi connectivity index (χ3n) is 3.40.